The first-order valence-electron chi connectivity index (χ1n) is 11.1. The van der Waals surface area contributed by atoms with Crippen LogP contribution in [-0.4, -0.2) is 38.0 Å². The lowest BCUT2D eigenvalue weighted by atomic mass is 9.73. The zero-order valence-electron chi connectivity index (χ0n) is 18.3. The molecule has 1 aliphatic carbocycles. The van der Waals surface area contributed by atoms with Gasteiger partial charge in [-0.1, -0.05) is 47.6 Å². The van der Waals surface area contributed by atoms with Crippen LogP contribution in [0.25, 0.3) is 11.3 Å². The number of pyridine rings is 1. The highest BCUT2D eigenvalue weighted by atomic mass is 35.5. The number of aromatic nitrogens is 5. The average Bonchev–Trinajstić information content (AvgIpc) is 3.37. The number of nitrogens with zero attached hydrogens (tertiary/aromatic N) is 5. The van der Waals surface area contributed by atoms with Crippen LogP contribution in [0.1, 0.15) is 35.7 Å². The van der Waals surface area contributed by atoms with E-state index in [-0.39, 0.29) is 11.5 Å². The predicted molar refractivity (Wildman–Crippen MR) is 131 cm³/mol. The summed E-state index contributed by atoms with van der Waals surface area (Å²) in [5.74, 6) is 0.823. The van der Waals surface area contributed by atoms with Crippen molar-refractivity contribution in [3.05, 3.63) is 64.6 Å². The quantitative estimate of drug-likeness (QED) is 0.441. The van der Waals surface area contributed by atoms with E-state index in [1.54, 1.807) is 12.4 Å². The molecule has 4 heterocycles. The average molecular weight is 478 g/mol. The molecule has 7 nitrogen and oxygen atoms in total. The van der Waals surface area contributed by atoms with Crippen molar-refractivity contribution >= 4 is 40.6 Å². The van der Waals surface area contributed by atoms with Crippen molar-refractivity contribution in [1.29, 1.82) is 0 Å². The number of nitrogens with two attached hydrogens (primary N) is 1. The smallest absolute Gasteiger partial charge is 0.206 e. The molecular weight excluding hydrogens is 454 g/mol. The number of rotatable bonds is 3. The third-order valence-corrected chi connectivity index (χ3v) is 8.62. The molecule has 3 aromatic heterocycles. The minimum Gasteiger partial charge on any atom is -0.342 e. The Balaban J connectivity index is 1.19. The Morgan fingerprint density at radius 1 is 1.15 bits per heavy atom. The van der Waals surface area contributed by atoms with Gasteiger partial charge in [0.25, 0.3) is 0 Å². The van der Waals surface area contributed by atoms with Gasteiger partial charge in [0.15, 0.2) is 11.3 Å². The second-order valence-corrected chi connectivity index (χ2v) is 10.4. The van der Waals surface area contributed by atoms with E-state index >= 15 is 0 Å². The van der Waals surface area contributed by atoms with Crippen LogP contribution in [0.5, 0.6) is 0 Å². The van der Waals surface area contributed by atoms with Crippen molar-refractivity contribution in [2.24, 2.45) is 11.1 Å². The van der Waals surface area contributed by atoms with Gasteiger partial charge in [-0.05, 0) is 48.8 Å². The number of halogens is 1. The van der Waals surface area contributed by atoms with Crippen molar-refractivity contribution in [2.45, 2.75) is 42.1 Å². The molecule has 9 heteroatoms. The first-order valence-corrected chi connectivity index (χ1v) is 12.3. The van der Waals surface area contributed by atoms with E-state index in [4.69, 9.17) is 27.3 Å². The lowest BCUT2D eigenvalue weighted by Gasteiger charge is -2.42. The van der Waals surface area contributed by atoms with Crippen LogP contribution in [0.15, 0.2) is 52.6 Å². The fraction of sp³-hybridized carbons (Fsp3) is 0.333. The molecule has 1 aliphatic heterocycles. The lowest BCUT2D eigenvalue weighted by molar-refractivity contribution is 0.187. The van der Waals surface area contributed by atoms with E-state index in [1.807, 2.05) is 13.0 Å². The molecule has 0 saturated carbocycles. The number of hydrogen-bond acceptors (Lipinski definition) is 7. The SMILES string of the molecule is Cc1nccc(Sc2cnc3nc(N4CCC5(CC4)Cc4ccccc4[C@H]5N)[nH]c3n2)c1Cl. The summed E-state index contributed by atoms with van der Waals surface area (Å²) in [6.45, 7) is 3.71. The molecule has 1 saturated heterocycles. The van der Waals surface area contributed by atoms with E-state index in [1.165, 1.54) is 22.9 Å². The summed E-state index contributed by atoms with van der Waals surface area (Å²) in [7, 11) is 0. The van der Waals surface area contributed by atoms with Gasteiger partial charge in [0, 0.05) is 30.2 Å². The normalized spacial score (nSPS) is 19.4. The molecule has 1 fully saturated rings. The molecule has 33 heavy (non-hydrogen) atoms. The Kier molecular flexibility index (Phi) is 5.05. The predicted octanol–water partition coefficient (Wildman–Crippen LogP) is 4.70. The zero-order chi connectivity index (χ0) is 22.6. The lowest BCUT2D eigenvalue weighted by Crippen LogP contribution is -2.44. The van der Waals surface area contributed by atoms with Crippen molar-refractivity contribution in [2.75, 3.05) is 18.0 Å². The van der Waals surface area contributed by atoms with Crippen LogP contribution in [0.2, 0.25) is 5.02 Å². The van der Waals surface area contributed by atoms with Gasteiger partial charge >= 0.3 is 0 Å². The number of H-pyrrole nitrogens is 1. The van der Waals surface area contributed by atoms with E-state index in [2.05, 4.69) is 44.1 Å². The molecule has 168 valence electrons. The molecule has 0 radical (unpaired) electrons. The molecule has 3 N–H and O–H groups in total. The van der Waals surface area contributed by atoms with Gasteiger partial charge in [-0.3, -0.25) is 4.98 Å². The highest BCUT2D eigenvalue weighted by Crippen LogP contribution is 2.50. The molecule has 4 aromatic rings. The third kappa shape index (κ3) is 3.57. The minimum atomic E-state index is 0.109. The van der Waals surface area contributed by atoms with Crippen molar-refractivity contribution < 1.29 is 0 Å². The maximum Gasteiger partial charge on any atom is 0.206 e. The molecule has 2 aliphatic rings. The van der Waals surface area contributed by atoms with Crippen molar-refractivity contribution in [3.63, 3.8) is 0 Å². The first kappa shape index (κ1) is 20.9. The van der Waals surface area contributed by atoms with Gasteiger partial charge in [0.2, 0.25) is 5.95 Å². The largest absolute Gasteiger partial charge is 0.342 e. The molecule has 1 spiro atoms. The minimum absolute atomic E-state index is 0.109. The highest BCUT2D eigenvalue weighted by molar-refractivity contribution is 7.99. The summed E-state index contributed by atoms with van der Waals surface area (Å²) >= 11 is 7.87. The monoisotopic (exact) mass is 477 g/mol. The standard InChI is InChI=1S/C24H24ClN7S/c1-14-19(25)17(6-9-27-14)33-18-13-28-21-22(29-18)31-23(30-21)32-10-7-24(8-11-32)12-15-4-2-3-5-16(15)20(24)26/h2-6,9,13,20H,7-8,10-12,26H2,1H3,(H,28,29,30,31)/t20-/m1/s1. The summed E-state index contributed by atoms with van der Waals surface area (Å²) in [6.07, 6.45) is 6.65. The number of aromatic amines is 1. The second kappa shape index (κ2) is 7.97. The maximum absolute atomic E-state index is 6.72. The van der Waals surface area contributed by atoms with E-state index in [9.17, 15) is 0 Å². The van der Waals surface area contributed by atoms with Crippen LogP contribution in [0.4, 0.5) is 5.95 Å². The van der Waals surface area contributed by atoms with Gasteiger partial charge in [0.05, 0.1) is 16.9 Å². The summed E-state index contributed by atoms with van der Waals surface area (Å²) in [6, 6.07) is 10.6. The van der Waals surface area contributed by atoms with Gasteiger partial charge in [-0.2, -0.15) is 4.98 Å². The van der Waals surface area contributed by atoms with Crippen LogP contribution < -0.4 is 10.6 Å². The first-order chi connectivity index (χ1) is 16.0. The van der Waals surface area contributed by atoms with Crippen molar-refractivity contribution in [3.8, 4) is 0 Å². The van der Waals surface area contributed by atoms with Crippen LogP contribution in [0.3, 0.4) is 0 Å². The Morgan fingerprint density at radius 3 is 2.79 bits per heavy atom. The molecular formula is C24H24ClN7S. The summed E-state index contributed by atoms with van der Waals surface area (Å²) in [5, 5.41) is 1.40. The number of imidazole rings is 1. The highest BCUT2D eigenvalue weighted by Gasteiger charge is 2.46. The van der Waals surface area contributed by atoms with E-state index in [0.29, 0.717) is 16.3 Å². The van der Waals surface area contributed by atoms with Gasteiger partial charge in [0.1, 0.15) is 5.03 Å². The Labute approximate surface area is 201 Å². The number of aryl methyl sites for hydroxylation is 1. The Hall–Kier alpha value is -2.68. The van der Waals surface area contributed by atoms with Gasteiger partial charge < -0.3 is 15.6 Å². The Bertz CT molecular complexity index is 1350. The van der Waals surface area contributed by atoms with Crippen LogP contribution >= 0.6 is 23.4 Å². The van der Waals surface area contributed by atoms with Crippen LogP contribution in [-0.2, 0) is 6.42 Å². The van der Waals surface area contributed by atoms with Gasteiger partial charge in [-0.15, -0.1) is 0 Å². The maximum atomic E-state index is 6.72. The molecule has 0 amide bonds. The number of piperidine rings is 1. The fourth-order valence-corrected chi connectivity index (χ4v) is 6.21. The molecule has 0 unspecified atom stereocenters. The van der Waals surface area contributed by atoms with Crippen LogP contribution in [0, 0.1) is 12.3 Å². The number of benzene rings is 1. The van der Waals surface area contributed by atoms with E-state index < -0.39 is 0 Å². The number of hydrogen-bond donors (Lipinski definition) is 2. The number of nitrogens with one attached hydrogen (secondary N) is 1. The van der Waals surface area contributed by atoms with Gasteiger partial charge in [-0.25, -0.2) is 9.97 Å². The molecule has 1 aromatic carbocycles. The summed E-state index contributed by atoms with van der Waals surface area (Å²) in [4.78, 5) is 24.8. The molecule has 6 rings (SSSR count). The third-order valence-electron chi connectivity index (χ3n) is 7.07. The zero-order valence-corrected chi connectivity index (χ0v) is 19.8. The topological polar surface area (TPSA) is 96.6 Å². The Morgan fingerprint density at radius 2 is 1.97 bits per heavy atom. The second-order valence-electron chi connectivity index (χ2n) is 8.95. The summed E-state index contributed by atoms with van der Waals surface area (Å²) < 4.78 is 0. The fourth-order valence-electron chi connectivity index (χ4n) is 5.15. The van der Waals surface area contributed by atoms with E-state index in [0.717, 1.165) is 53.9 Å². The summed E-state index contributed by atoms with van der Waals surface area (Å²) in [5.41, 5.74) is 11.7. The van der Waals surface area contributed by atoms with Crippen molar-refractivity contribution in [1.82, 2.24) is 24.9 Å². The molecule has 0 bridgehead atoms. The number of fused-ring (bicyclic) bond motifs is 2. The number of anilines is 1. The molecule has 1 atom stereocenters.